The van der Waals surface area contributed by atoms with Crippen LogP contribution in [0.3, 0.4) is 0 Å². The van der Waals surface area contributed by atoms with Gasteiger partial charge in [0.2, 0.25) is 0 Å². The fourth-order valence-electron chi connectivity index (χ4n) is 3.55. The Labute approximate surface area is 185 Å². The highest BCUT2D eigenvalue weighted by Gasteiger charge is 2.24. The van der Waals surface area contributed by atoms with Gasteiger partial charge in [-0.25, -0.2) is 9.97 Å². The van der Waals surface area contributed by atoms with Gasteiger partial charge in [0.1, 0.15) is 30.3 Å². The quantitative estimate of drug-likeness (QED) is 0.308. The first-order valence-corrected chi connectivity index (χ1v) is 14.8. The molecule has 1 saturated carbocycles. The molecule has 6 nitrogen and oxygen atoms in total. The van der Waals surface area contributed by atoms with Gasteiger partial charge in [0.15, 0.2) is 0 Å². The monoisotopic (exact) mass is 439 g/mol. The van der Waals surface area contributed by atoms with Crippen molar-refractivity contribution in [3.05, 3.63) is 36.3 Å². The minimum absolute atomic E-state index is 0.495. The maximum atomic E-state index is 6.21. The minimum Gasteiger partial charge on any atom is -0.497 e. The number of aromatic nitrogens is 3. The zero-order valence-electron chi connectivity index (χ0n) is 19.3. The van der Waals surface area contributed by atoms with Crippen LogP contribution in [0, 0.1) is 12.8 Å². The number of rotatable bonds is 10. The van der Waals surface area contributed by atoms with Crippen LogP contribution < -0.4 is 9.47 Å². The van der Waals surface area contributed by atoms with Gasteiger partial charge < -0.3 is 18.8 Å². The lowest BCUT2D eigenvalue weighted by Crippen LogP contribution is -2.22. The molecule has 0 saturated heterocycles. The van der Waals surface area contributed by atoms with Gasteiger partial charge in [-0.3, -0.25) is 0 Å². The summed E-state index contributed by atoms with van der Waals surface area (Å²) in [5, 5.41) is 0. The molecule has 1 aliphatic rings. The van der Waals surface area contributed by atoms with Crippen molar-refractivity contribution < 1.29 is 14.2 Å². The molecule has 7 heteroatoms. The second kappa shape index (κ2) is 9.00. The van der Waals surface area contributed by atoms with Crippen molar-refractivity contribution in [2.75, 3.05) is 20.3 Å². The Bertz CT molecular complexity index is 1050. The van der Waals surface area contributed by atoms with Crippen LogP contribution in [0.4, 0.5) is 0 Å². The molecular formula is C24H33N3O3Si. The van der Waals surface area contributed by atoms with E-state index in [1.165, 1.54) is 12.8 Å². The zero-order chi connectivity index (χ0) is 22.0. The van der Waals surface area contributed by atoms with E-state index in [4.69, 9.17) is 14.2 Å². The van der Waals surface area contributed by atoms with E-state index in [1.807, 2.05) is 18.2 Å². The van der Waals surface area contributed by atoms with Gasteiger partial charge in [0, 0.05) is 32.0 Å². The summed E-state index contributed by atoms with van der Waals surface area (Å²) in [4.78, 5) is 9.19. The fraction of sp³-hybridized carbons (Fsp3) is 0.500. The van der Waals surface area contributed by atoms with Gasteiger partial charge in [0.25, 0.3) is 0 Å². The van der Waals surface area contributed by atoms with Crippen molar-refractivity contribution >= 4 is 19.1 Å². The van der Waals surface area contributed by atoms with E-state index in [9.17, 15) is 0 Å². The third kappa shape index (κ3) is 5.27. The number of methoxy groups -OCH3 is 1. The van der Waals surface area contributed by atoms with E-state index in [0.29, 0.717) is 12.6 Å². The Morgan fingerprint density at radius 1 is 1.13 bits per heavy atom. The molecule has 0 aliphatic heterocycles. The van der Waals surface area contributed by atoms with Gasteiger partial charge in [-0.15, -0.1) is 0 Å². The molecule has 2 aromatic heterocycles. The summed E-state index contributed by atoms with van der Waals surface area (Å²) in [6.07, 6.45) is 4.12. The lowest BCUT2D eigenvalue weighted by molar-refractivity contribution is 0.0890. The smallest absolute Gasteiger partial charge is 0.132 e. The SMILES string of the molecule is COc1ccc(-c2ncnc3cc(C)n(COCC[Si](C)(C)C)c23)c(OCC2CC2)c1. The molecule has 166 valence electrons. The Morgan fingerprint density at radius 3 is 2.65 bits per heavy atom. The third-order valence-corrected chi connectivity index (χ3v) is 7.43. The molecule has 0 amide bonds. The van der Waals surface area contributed by atoms with E-state index in [2.05, 4.69) is 47.2 Å². The molecule has 0 unspecified atom stereocenters. The summed E-state index contributed by atoms with van der Waals surface area (Å²) >= 11 is 0. The van der Waals surface area contributed by atoms with Gasteiger partial charge in [-0.05, 0) is 49.9 Å². The predicted molar refractivity (Wildman–Crippen MR) is 127 cm³/mol. The molecule has 0 atom stereocenters. The first-order valence-electron chi connectivity index (χ1n) is 11.1. The number of fused-ring (bicyclic) bond motifs is 1. The number of aryl methyl sites for hydroxylation is 1. The summed E-state index contributed by atoms with van der Waals surface area (Å²) in [5.41, 5.74) is 4.82. The predicted octanol–water partition coefficient (Wildman–Crippen LogP) is 5.52. The number of nitrogens with zero attached hydrogens (tertiary/aromatic N) is 3. The van der Waals surface area contributed by atoms with Crippen LogP contribution in [0.1, 0.15) is 18.5 Å². The highest BCUT2D eigenvalue weighted by atomic mass is 28.3. The van der Waals surface area contributed by atoms with Crippen LogP contribution in [-0.2, 0) is 11.5 Å². The van der Waals surface area contributed by atoms with Gasteiger partial charge in [0.05, 0.1) is 24.8 Å². The van der Waals surface area contributed by atoms with Crippen LogP contribution >= 0.6 is 0 Å². The molecule has 2 heterocycles. The summed E-state index contributed by atoms with van der Waals surface area (Å²) < 4.78 is 19.9. The maximum Gasteiger partial charge on any atom is 0.132 e. The fourth-order valence-corrected chi connectivity index (χ4v) is 4.31. The second-order valence-corrected chi connectivity index (χ2v) is 15.3. The van der Waals surface area contributed by atoms with Crippen LogP contribution in [-0.4, -0.2) is 42.9 Å². The summed E-state index contributed by atoms with van der Waals surface area (Å²) in [6.45, 7) is 11.2. The number of ether oxygens (including phenoxy) is 3. The first kappa shape index (κ1) is 21.8. The topological polar surface area (TPSA) is 58.4 Å². The molecule has 4 rings (SSSR count). The van der Waals surface area contributed by atoms with Crippen molar-refractivity contribution in [1.29, 1.82) is 0 Å². The van der Waals surface area contributed by atoms with Crippen LogP contribution in [0.15, 0.2) is 30.6 Å². The molecule has 1 aromatic carbocycles. The largest absolute Gasteiger partial charge is 0.497 e. The molecule has 0 N–H and O–H groups in total. The molecule has 0 radical (unpaired) electrons. The van der Waals surface area contributed by atoms with Gasteiger partial charge in [-0.1, -0.05) is 19.6 Å². The van der Waals surface area contributed by atoms with Gasteiger partial charge in [-0.2, -0.15) is 0 Å². The summed E-state index contributed by atoms with van der Waals surface area (Å²) in [5.74, 6) is 2.24. The summed E-state index contributed by atoms with van der Waals surface area (Å²) in [7, 11) is 0.548. The Balaban J connectivity index is 1.69. The molecular weight excluding hydrogens is 406 g/mol. The highest BCUT2D eigenvalue weighted by Crippen LogP contribution is 2.38. The number of hydrogen-bond acceptors (Lipinski definition) is 5. The molecule has 1 aliphatic carbocycles. The highest BCUT2D eigenvalue weighted by molar-refractivity contribution is 6.76. The zero-order valence-corrected chi connectivity index (χ0v) is 20.3. The second-order valence-electron chi connectivity index (χ2n) is 9.63. The van der Waals surface area contributed by atoms with Crippen molar-refractivity contribution in [2.24, 2.45) is 5.92 Å². The van der Waals surface area contributed by atoms with E-state index < -0.39 is 8.07 Å². The lowest BCUT2D eigenvalue weighted by atomic mass is 10.1. The van der Waals surface area contributed by atoms with Crippen molar-refractivity contribution in [3.63, 3.8) is 0 Å². The van der Waals surface area contributed by atoms with Crippen molar-refractivity contribution in [1.82, 2.24) is 14.5 Å². The lowest BCUT2D eigenvalue weighted by Gasteiger charge is -2.17. The summed E-state index contributed by atoms with van der Waals surface area (Å²) in [6, 6.07) is 9.18. The van der Waals surface area contributed by atoms with Crippen LogP contribution in [0.2, 0.25) is 25.7 Å². The maximum absolute atomic E-state index is 6.21. The molecule has 3 aromatic rings. The average Bonchev–Trinajstić information content (AvgIpc) is 3.50. The Hall–Kier alpha value is -2.38. The van der Waals surface area contributed by atoms with Crippen LogP contribution in [0.25, 0.3) is 22.3 Å². The first-order chi connectivity index (χ1) is 14.9. The van der Waals surface area contributed by atoms with E-state index in [-0.39, 0.29) is 0 Å². The molecule has 0 spiro atoms. The Morgan fingerprint density at radius 2 is 1.94 bits per heavy atom. The number of benzene rings is 1. The molecule has 31 heavy (non-hydrogen) atoms. The number of hydrogen-bond donors (Lipinski definition) is 0. The molecule has 0 bridgehead atoms. The minimum atomic E-state index is -1.13. The van der Waals surface area contributed by atoms with E-state index in [1.54, 1.807) is 13.4 Å². The third-order valence-electron chi connectivity index (χ3n) is 5.72. The normalized spacial score (nSPS) is 14.2. The van der Waals surface area contributed by atoms with Crippen molar-refractivity contribution in [3.8, 4) is 22.8 Å². The van der Waals surface area contributed by atoms with Gasteiger partial charge >= 0.3 is 0 Å². The van der Waals surface area contributed by atoms with E-state index in [0.717, 1.165) is 58.7 Å². The molecule has 1 fully saturated rings. The van der Waals surface area contributed by atoms with E-state index >= 15 is 0 Å². The standard InChI is InChI=1S/C24H33N3O3Si/c1-17-12-21-24(27(17)16-29-10-11-31(3,4)5)23(26-15-25-21)20-9-8-19(28-2)13-22(20)30-14-18-6-7-18/h8-9,12-13,15,18H,6-7,10-11,14,16H2,1-5H3. The van der Waals surface area contributed by atoms with Crippen LogP contribution in [0.5, 0.6) is 11.5 Å². The van der Waals surface area contributed by atoms with Crippen molar-refractivity contribution in [2.45, 2.75) is 52.2 Å². The average molecular weight is 440 g/mol. The Kier molecular flexibility index (Phi) is 6.34.